The number of fused-ring (bicyclic) bond motifs is 2. The predicted octanol–water partition coefficient (Wildman–Crippen LogP) is 4.21. The van der Waals surface area contributed by atoms with Crippen LogP contribution in [0.4, 0.5) is 10.5 Å². The molecule has 2 amide bonds. The summed E-state index contributed by atoms with van der Waals surface area (Å²) in [6.45, 7) is 2.52. The van der Waals surface area contributed by atoms with Crippen molar-refractivity contribution in [1.29, 1.82) is 0 Å². The van der Waals surface area contributed by atoms with Crippen LogP contribution in [-0.4, -0.2) is 34.8 Å². The molecule has 2 aromatic rings. The first-order valence-electron chi connectivity index (χ1n) is 10.1. The lowest BCUT2D eigenvalue weighted by Crippen LogP contribution is -2.50. The minimum atomic E-state index is -0.193. The molecule has 2 fully saturated rings. The molecule has 2 saturated heterocycles. The van der Waals surface area contributed by atoms with Crippen molar-refractivity contribution in [3.8, 4) is 0 Å². The molecule has 2 bridgehead atoms. The largest absolute Gasteiger partial charge is 0.335 e. The summed E-state index contributed by atoms with van der Waals surface area (Å²) in [6.07, 6.45) is 4.39. The summed E-state index contributed by atoms with van der Waals surface area (Å²) in [5, 5.41) is 6.01. The lowest BCUT2D eigenvalue weighted by molar-refractivity contribution is 0.101. The number of nitrogens with one attached hydrogen (secondary N) is 2. The molecule has 0 saturated carbocycles. The van der Waals surface area contributed by atoms with Crippen LogP contribution in [0.25, 0.3) is 0 Å². The number of carbonyl (C=O) groups is 2. The lowest BCUT2D eigenvalue weighted by Gasteiger charge is -2.39. The zero-order chi connectivity index (χ0) is 19.5. The van der Waals surface area contributed by atoms with E-state index in [0.717, 1.165) is 19.4 Å². The second kappa shape index (κ2) is 8.15. The molecule has 2 aliphatic rings. The molecule has 0 unspecified atom stereocenters. The number of Topliss-reactive ketones (excluding diaryl/α,β-unsaturated/α-hetero) is 1. The number of rotatable bonds is 5. The van der Waals surface area contributed by atoms with Gasteiger partial charge in [0, 0.05) is 35.9 Å². The number of amides is 2. The summed E-state index contributed by atoms with van der Waals surface area (Å²) < 4.78 is 0. The molecule has 5 heteroatoms. The normalized spacial score (nSPS) is 24.0. The van der Waals surface area contributed by atoms with E-state index in [-0.39, 0.29) is 17.9 Å². The second-order valence-electron chi connectivity index (χ2n) is 7.95. The van der Waals surface area contributed by atoms with E-state index in [0.29, 0.717) is 23.3 Å². The van der Waals surface area contributed by atoms with Crippen molar-refractivity contribution in [2.24, 2.45) is 0 Å². The van der Waals surface area contributed by atoms with E-state index in [2.05, 4.69) is 45.9 Å². The minimum absolute atomic E-state index is 0.00794. The van der Waals surface area contributed by atoms with E-state index in [1.807, 2.05) is 0 Å². The number of hydrogen-bond donors (Lipinski definition) is 2. The van der Waals surface area contributed by atoms with Gasteiger partial charge in [-0.05, 0) is 50.3 Å². The van der Waals surface area contributed by atoms with E-state index in [1.165, 1.54) is 25.3 Å². The fourth-order valence-electron chi connectivity index (χ4n) is 4.61. The van der Waals surface area contributed by atoms with Crippen LogP contribution in [0.15, 0.2) is 54.6 Å². The summed E-state index contributed by atoms with van der Waals surface area (Å²) in [5.41, 5.74) is 2.61. The Kier molecular flexibility index (Phi) is 5.44. The van der Waals surface area contributed by atoms with Crippen molar-refractivity contribution in [3.05, 3.63) is 65.7 Å². The van der Waals surface area contributed by atoms with Crippen LogP contribution in [0.1, 0.15) is 48.5 Å². The molecule has 2 aromatic carbocycles. The third-order valence-electron chi connectivity index (χ3n) is 5.95. The molecule has 146 valence electrons. The fraction of sp³-hybridized carbons (Fsp3) is 0.391. The highest BCUT2D eigenvalue weighted by molar-refractivity contribution is 5.96. The van der Waals surface area contributed by atoms with Gasteiger partial charge in [-0.15, -0.1) is 0 Å². The molecule has 2 heterocycles. The summed E-state index contributed by atoms with van der Waals surface area (Å²) in [7, 11) is 0. The number of benzene rings is 2. The van der Waals surface area contributed by atoms with E-state index >= 15 is 0 Å². The first kappa shape index (κ1) is 18.7. The molecule has 2 N–H and O–H groups in total. The van der Waals surface area contributed by atoms with Crippen molar-refractivity contribution in [1.82, 2.24) is 10.2 Å². The van der Waals surface area contributed by atoms with Gasteiger partial charge in [0.05, 0.1) is 0 Å². The molecular weight excluding hydrogens is 350 g/mol. The Morgan fingerprint density at radius 3 is 2.39 bits per heavy atom. The van der Waals surface area contributed by atoms with Gasteiger partial charge >= 0.3 is 6.03 Å². The summed E-state index contributed by atoms with van der Waals surface area (Å²) in [6, 6.07) is 18.7. The highest BCUT2D eigenvalue weighted by atomic mass is 16.2. The van der Waals surface area contributed by atoms with Crippen molar-refractivity contribution in [2.45, 2.75) is 57.3 Å². The third-order valence-corrected chi connectivity index (χ3v) is 5.95. The van der Waals surface area contributed by atoms with Crippen LogP contribution in [0.3, 0.4) is 0 Å². The van der Waals surface area contributed by atoms with Gasteiger partial charge in [-0.2, -0.15) is 0 Å². The van der Waals surface area contributed by atoms with Crippen LogP contribution in [0, 0.1) is 0 Å². The quantitative estimate of drug-likeness (QED) is 0.768. The first-order valence-corrected chi connectivity index (χ1v) is 10.1. The zero-order valence-electron chi connectivity index (χ0n) is 16.2. The number of hydrogen-bond acceptors (Lipinski definition) is 3. The van der Waals surface area contributed by atoms with Crippen molar-refractivity contribution >= 4 is 17.5 Å². The van der Waals surface area contributed by atoms with E-state index in [4.69, 9.17) is 0 Å². The Labute approximate surface area is 166 Å². The highest BCUT2D eigenvalue weighted by Crippen LogP contribution is 2.36. The van der Waals surface area contributed by atoms with Gasteiger partial charge in [-0.25, -0.2) is 4.79 Å². The van der Waals surface area contributed by atoms with E-state index in [1.54, 1.807) is 24.3 Å². The van der Waals surface area contributed by atoms with Gasteiger partial charge in [-0.3, -0.25) is 9.69 Å². The SMILES string of the molecule is CC(=O)c1cccc(NC(=O)NC2C[C@H]3CC[C@H](C2)N3Cc2ccccc2)c1. The Hall–Kier alpha value is -2.66. The number of carbonyl (C=O) groups excluding carboxylic acids is 2. The highest BCUT2D eigenvalue weighted by Gasteiger charge is 2.40. The molecule has 28 heavy (non-hydrogen) atoms. The first-order chi connectivity index (χ1) is 13.6. The fourth-order valence-corrected chi connectivity index (χ4v) is 4.61. The summed E-state index contributed by atoms with van der Waals surface area (Å²) in [5.74, 6) is -0.00794. The third kappa shape index (κ3) is 4.25. The van der Waals surface area contributed by atoms with Crippen LogP contribution in [-0.2, 0) is 6.54 Å². The molecular formula is C23H27N3O2. The summed E-state index contributed by atoms with van der Waals surface area (Å²) in [4.78, 5) is 26.6. The predicted molar refractivity (Wildman–Crippen MR) is 110 cm³/mol. The number of ketones is 1. The molecule has 0 radical (unpaired) electrons. The van der Waals surface area contributed by atoms with Crippen LogP contribution in [0.2, 0.25) is 0 Å². The minimum Gasteiger partial charge on any atom is -0.335 e. The van der Waals surface area contributed by atoms with Gasteiger partial charge in [0.2, 0.25) is 0 Å². The number of anilines is 1. The second-order valence-corrected chi connectivity index (χ2v) is 7.95. The molecule has 0 spiro atoms. The molecule has 2 atom stereocenters. The average Bonchev–Trinajstić information content (AvgIpc) is 2.91. The van der Waals surface area contributed by atoms with Crippen molar-refractivity contribution < 1.29 is 9.59 Å². The molecule has 2 aliphatic heterocycles. The van der Waals surface area contributed by atoms with Crippen LogP contribution in [0.5, 0.6) is 0 Å². The molecule has 4 rings (SSSR count). The van der Waals surface area contributed by atoms with Crippen molar-refractivity contribution in [3.63, 3.8) is 0 Å². The van der Waals surface area contributed by atoms with Gasteiger partial charge in [-0.1, -0.05) is 42.5 Å². The number of piperidine rings is 1. The maximum atomic E-state index is 12.4. The Morgan fingerprint density at radius 2 is 1.71 bits per heavy atom. The van der Waals surface area contributed by atoms with Crippen molar-refractivity contribution in [2.75, 3.05) is 5.32 Å². The van der Waals surface area contributed by atoms with E-state index in [9.17, 15) is 9.59 Å². The maximum absolute atomic E-state index is 12.4. The molecule has 0 aliphatic carbocycles. The number of urea groups is 1. The molecule has 0 aromatic heterocycles. The standard InChI is InChI=1S/C23H27N3O2/c1-16(27)18-8-5-9-19(12-18)24-23(28)25-20-13-21-10-11-22(14-20)26(21)15-17-6-3-2-4-7-17/h2-9,12,20-22H,10-11,13-15H2,1H3,(H2,24,25,28)/t21-,22-/m1/s1. The smallest absolute Gasteiger partial charge is 0.319 e. The monoisotopic (exact) mass is 377 g/mol. The van der Waals surface area contributed by atoms with Crippen LogP contribution < -0.4 is 10.6 Å². The van der Waals surface area contributed by atoms with Gasteiger partial charge in [0.15, 0.2) is 5.78 Å². The van der Waals surface area contributed by atoms with Gasteiger partial charge in [0.1, 0.15) is 0 Å². The summed E-state index contributed by atoms with van der Waals surface area (Å²) >= 11 is 0. The average molecular weight is 377 g/mol. The Morgan fingerprint density at radius 1 is 1.00 bits per heavy atom. The Balaban J connectivity index is 1.33. The lowest BCUT2D eigenvalue weighted by atomic mass is 9.96. The molecule has 5 nitrogen and oxygen atoms in total. The maximum Gasteiger partial charge on any atom is 0.319 e. The zero-order valence-corrected chi connectivity index (χ0v) is 16.2. The van der Waals surface area contributed by atoms with Gasteiger partial charge < -0.3 is 10.6 Å². The van der Waals surface area contributed by atoms with Crippen LogP contribution >= 0.6 is 0 Å². The Bertz CT molecular complexity index is 838. The number of nitrogens with zero attached hydrogens (tertiary/aromatic N) is 1. The van der Waals surface area contributed by atoms with Gasteiger partial charge in [0.25, 0.3) is 0 Å². The topological polar surface area (TPSA) is 61.4 Å². The van der Waals surface area contributed by atoms with E-state index < -0.39 is 0 Å².